The third-order valence-electron chi connectivity index (χ3n) is 3.16. The van der Waals surface area contributed by atoms with Crippen LogP contribution in [-0.2, 0) is 6.54 Å². The summed E-state index contributed by atoms with van der Waals surface area (Å²) in [4.78, 5) is 16.5. The fraction of sp³-hybridized carbons (Fsp3) is 0.133. The van der Waals surface area contributed by atoms with E-state index in [1.165, 1.54) is 10.6 Å². The van der Waals surface area contributed by atoms with Crippen molar-refractivity contribution in [2.75, 3.05) is 0 Å². The summed E-state index contributed by atoms with van der Waals surface area (Å²) in [5.74, 6) is -2.23. The second-order valence-electron chi connectivity index (χ2n) is 4.82. The maximum atomic E-state index is 13.1. The van der Waals surface area contributed by atoms with E-state index in [1.54, 1.807) is 25.3 Å². The lowest BCUT2D eigenvalue weighted by Gasteiger charge is -2.08. The monoisotopic (exact) mass is 302 g/mol. The van der Waals surface area contributed by atoms with E-state index in [9.17, 15) is 13.6 Å². The molecule has 0 saturated carbocycles. The Labute approximate surface area is 124 Å². The van der Waals surface area contributed by atoms with E-state index in [2.05, 4.69) is 15.4 Å². The Morgan fingerprint density at radius 2 is 2.05 bits per heavy atom. The Kier molecular flexibility index (Phi) is 3.54. The van der Waals surface area contributed by atoms with Gasteiger partial charge >= 0.3 is 0 Å². The summed E-state index contributed by atoms with van der Waals surface area (Å²) in [5.41, 5.74) is 2.05. The molecule has 3 rings (SSSR count). The van der Waals surface area contributed by atoms with E-state index < -0.39 is 11.6 Å². The summed E-state index contributed by atoms with van der Waals surface area (Å²) >= 11 is 0. The van der Waals surface area contributed by atoms with Gasteiger partial charge in [-0.2, -0.15) is 5.10 Å². The zero-order chi connectivity index (χ0) is 15.7. The largest absolute Gasteiger partial charge is 0.347 e. The standard InChI is InChI=1S/C15H12F2N4O/c1-9-6-13(21-14(20-9)4-5-19-21)15(22)18-8-10-2-3-11(16)12(17)7-10/h2-7H,8H2,1H3,(H,18,22). The number of carbonyl (C=O) groups excluding carboxylic acids is 1. The van der Waals surface area contributed by atoms with Crippen molar-refractivity contribution in [2.24, 2.45) is 0 Å². The Hall–Kier alpha value is -2.83. The minimum atomic E-state index is -0.944. The van der Waals surface area contributed by atoms with Crippen LogP contribution in [-0.4, -0.2) is 20.5 Å². The predicted molar refractivity (Wildman–Crippen MR) is 75.3 cm³/mol. The summed E-state index contributed by atoms with van der Waals surface area (Å²) < 4.78 is 27.4. The third-order valence-corrected chi connectivity index (χ3v) is 3.16. The first kappa shape index (κ1) is 14.1. The van der Waals surface area contributed by atoms with Crippen LogP contribution in [0.5, 0.6) is 0 Å². The molecule has 0 spiro atoms. The highest BCUT2D eigenvalue weighted by molar-refractivity contribution is 5.93. The Balaban J connectivity index is 1.81. The molecule has 112 valence electrons. The molecule has 1 aromatic carbocycles. The van der Waals surface area contributed by atoms with Crippen molar-refractivity contribution in [3.63, 3.8) is 0 Å². The van der Waals surface area contributed by atoms with Gasteiger partial charge in [-0.05, 0) is 30.7 Å². The molecule has 0 aliphatic rings. The van der Waals surface area contributed by atoms with Crippen molar-refractivity contribution in [3.8, 4) is 0 Å². The molecule has 7 heteroatoms. The van der Waals surface area contributed by atoms with Gasteiger partial charge in [0.05, 0.1) is 6.20 Å². The number of carbonyl (C=O) groups is 1. The number of rotatable bonds is 3. The van der Waals surface area contributed by atoms with Crippen molar-refractivity contribution < 1.29 is 13.6 Å². The molecular formula is C15H12F2N4O. The fourth-order valence-corrected chi connectivity index (χ4v) is 2.12. The molecule has 0 aliphatic heterocycles. The van der Waals surface area contributed by atoms with E-state index in [4.69, 9.17) is 0 Å². The minimum Gasteiger partial charge on any atom is -0.347 e. The van der Waals surface area contributed by atoms with Gasteiger partial charge in [-0.25, -0.2) is 18.3 Å². The zero-order valence-electron chi connectivity index (χ0n) is 11.7. The van der Waals surface area contributed by atoms with E-state index in [1.807, 2.05) is 0 Å². The number of aromatic nitrogens is 3. The molecule has 2 heterocycles. The molecule has 1 N–H and O–H groups in total. The van der Waals surface area contributed by atoms with Gasteiger partial charge < -0.3 is 5.32 Å². The second kappa shape index (κ2) is 5.51. The molecule has 22 heavy (non-hydrogen) atoms. The summed E-state index contributed by atoms with van der Waals surface area (Å²) in [6, 6.07) is 6.80. The van der Waals surface area contributed by atoms with E-state index in [-0.39, 0.29) is 12.5 Å². The highest BCUT2D eigenvalue weighted by atomic mass is 19.2. The van der Waals surface area contributed by atoms with E-state index >= 15 is 0 Å². The number of nitrogens with zero attached hydrogens (tertiary/aromatic N) is 3. The molecule has 1 amide bonds. The zero-order valence-corrected chi connectivity index (χ0v) is 11.7. The molecule has 2 aromatic heterocycles. The molecule has 0 unspecified atom stereocenters. The maximum absolute atomic E-state index is 13.1. The quantitative estimate of drug-likeness (QED) is 0.807. The number of nitrogens with one attached hydrogen (secondary N) is 1. The predicted octanol–water partition coefficient (Wildman–Crippen LogP) is 2.25. The summed E-state index contributed by atoms with van der Waals surface area (Å²) in [6.45, 7) is 1.86. The van der Waals surface area contributed by atoms with Gasteiger partial charge in [0.2, 0.25) is 0 Å². The minimum absolute atomic E-state index is 0.0835. The molecule has 0 saturated heterocycles. The normalized spacial score (nSPS) is 10.9. The Bertz CT molecular complexity index is 860. The molecule has 0 bridgehead atoms. The molecule has 0 radical (unpaired) electrons. The number of hydrogen-bond donors (Lipinski definition) is 1. The van der Waals surface area contributed by atoms with Gasteiger partial charge in [0.1, 0.15) is 5.69 Å². The van der Waals surface area contributed by atoms with Gasteiger partial charge in [-0.3, -0.25) is 4.79 Å². The number of amides is 1. The maximum Gasteiger partial charge on any atom is 0.270 e. The van der Waals surface area contributed by atoms with Crippen LogP contribution in [0.1, 0.15) is 21.7 Å². The number of benzene rings is 1. The fourth-order valence-electron chi connectivity index (χ4n) is 2.12. The highest BCUT2D eigenvalue weighted by Crippen LogP contribution is 2.10. The van der Waals surface area contributed by atoms with Crippen LogP contribution in [0.2, 0.25) is 0 Å². The average Bonchev–Trinajstić information content (AvgIpc) is 2.95. The van der Waals surface area contributed by atoms with E-state index in [0.29, 0.717) is 22.6 Å². The van der Waals surface area contributed by atoms with Crippen molar-refractivity contribution in [1.82, 2.24) is 19.9 Å². The smallest absolute Gasteiger partial charge is 0.270 e. The first-order valence-electron chi connectivity index (χ1n) is 6.58. The topological polar surface area (TPSA) is 59.3 Å². The van der Waals surface area contributed by atoms with Crippen LogP contribution in [0.25, 0.3) is 5.65 Å². The lowest BCUT2D eigenvalue weighted by molar-refractivity contribution is 0.0943. The van der Waals surface area contributed by atoms with Crippen molar-refractivity contribution in [2.45, 2.75) is 13.5 Å². The summed E-state index contributed by atoms with van der Waals surface area (Å²) in [7, 11) is 0. The average molecular weight is 302 g/mol. The lowest BCUT2D eigenvalue weighted by Crippen LogP contribution is -2.25. The van der Waals surface area contributed by atoms with Crippen molar-refractivity contribution in [1.29, 1.82) is 0 Å². The van der Waals surface area contributed by atoms with Crippen molar-refractivity contribution in [3.05, 3.63) is 65.1 Å². The Morgan fingerprint density at radius 1 is 1.23 bits per heavy atom. The van der Waals surface area contributed by atoms with Crippen molar-refractivity contribution >= 4 is 11.6 Å². The van der Waals surface area contributed by atoms with Crippen LogP contribution in [0.3, 0.4) is 0 Å². The van der Waals surface area contributed by atoms with E-state index in [0.717, 1.165) is 12.1 Å². The number of halogens is 2. The van der Waals surface area contributed by atoms with Gasteiger partial charge in [-0.1, -0.05) is 6.07 Å². The van der Waals surface area contributed by atoms with Gasteiger partial charge in [0.15, 0.2) is 17.3 Å². The summed E-state index contributed by atoms with van der Waals surface area (Å²) in [6.07, 6.45) is 1.55. The van der Waals surface area contributed by atoms with Crippen LogP contribution < -0.4 is 5.32 Å². The van der Waals surface area contributed by atoms with Crippen LogP contribution >= 0.6 is 0 Å². The second-order valence-corrected chi connectivity index (χ2v) is 4.82. The van der Waals surface area contributed by atoms with Gasteiger partial charge in [-0.15, -0.1) is 0 Å². The molecule has 5 nitrogen and oxygen atoms in total. The third kappa shape index (κ3) is 2.65. The molecular weight excluding hydrogens is 290 g/mol. The van der Waals surface area contributed by atoms with Gasteiger partial charge in [0.25, 0.3) is 5.91 Å². The number of aryl methyl sites for hydroxylation is 1. The molecule has 0 fully saturated rings. The molecule has 3 aromatic rings. The van der Waals surface area contributed by atoms with Crippen LogP contribution in [0, 0.1) is 18.6 Å². The number of fused-ring (bicyclic) bond motifs is 1. The summed E-state index contributed by atoms with van der Waals surface area (Å²) in [5, 5.41) is 6.70. The molecule has 0 aliphatic carbocycles. The number of hydrogen-bond acceptors (Lipinski definition) is 3. The highest BCUT2D eigenvalue weighted by Gasteiger charge is 2.13. The van der Waals surface area contributed by atoms with Crippen LogP contribution in [0.4, 0.5) is 8.78 Å². The lowest BCUT2D eigenvalue weighted by atomic mass is 10.2. The molecule has 0 atom stereocenters. The Morgan fingerprint density at radius 3 is 2.82 bits per heavy atom. The first-order chi connectivity index (χ1) is 10.5. The van der Waals surface area contributed by atoms with Crippen LogP contribution in [0.15, 0.2) is 36.5 Å². The SMILES string of the molecule is Cc1cc(C(=O)NCc2ccc(F)c(F)c2)n2nccc2n1. The first-order valence-corrected chi connectivity index (χ1v) is 6.58. The van der Waals surface area contributed by atoms with Gasteiger partial charge in [0, 0.05) is 18.3 Å².